The highest BCUT2D eigenvalue weighted by Gasteiger charge is 2.40. The van der Waals surface area contributed by atoms with Crippen molar-refractivity contribution in [3.8, 4) is 5.75 Å². The second-order valence-corrected chi connectivity index (χ2v) is 7.35. The molecule has 1 amide bonds. The molecule has 0 bridgehead atoms. The number of methoxy groups -OCH3 is 1. The maximum Gasteiger partial charge on any atom is 0.232 e. The maximum atomic E-state index is 13.3. The number of benzene rings is 2. The molecule has 1 atom stereocenters. The van der Waals surface area contributed by atoms with Crippen molar-refractivity contribution < 1.29 is 14.3 Å². The Morgan fingerprint density at radius 1 is 1.04 bits per heavy atom. The summed E-state index contributed by atoms with van der Waals surface area (Å²) in [4.78, 5) is 28.2. The molecule has 144 valence electrons. The lowest BCUT2D eigenvalue weighted by Gasteiger charge is -2.39. The zero-order chi connectivity index (χ0) is 19.7. The van der Waals surface area contributed by atoms with Crippen molar-refractivity contribution >= 4 is 17.4 Å². The van der Waals surface area contributed by atoms with E-state index in [2.05, 4.69) is 13.0 Å². The number of hydrogen-bond donors (Lipinski definition) is 0. The number of carbonyl (C=O) groups is 2. The summed E-state index contributed by atoms with van der Waals surface area (Å²) in [5, 5.41) is 0. The molecule has 0 N–H and O–H groups in total. The van der Waals surface area contributed by atoms with Gasteiger partial charge in [0.15, 0.2) is 5.78 Å². The quantitative estimate of drug-likeness (QED) is 0.772. The molecule has 1 unspecified atom stereocenters. The summed E-state index contributed by atoms with van der Waals surface area (Å²) >= 11 is 0. The van der Waals surface area contributed by atoms with Crippen molar-refractivity contribution in [1.29, 1.82) is 0 Å². The molecule has 2 aromatic carbocycles. The first kappa shape index (κ1) is 18.5. The summed E-state index contributed by atoms with van der Waals surface area (Å²) in [5.41, 5.74) is 4.63. The Hall–Kier alpha value is -2.88. The molecular weight excluding hydrogens is 350 g/mol. The van der Waals surface area contributed by atoms with Gasteiger partial charge in [-0.1, -0.05) is 43.3 Å². The third kappa shape index (κ3) is 3.03. The lowest BCUT2D eigenvalue weighted by Crippen LogP contribution is -2.41. The average molecular weight is 375 g/mol. The first-order valence-electron chi connectivity index (χ1n) is 9.95. The minimum atomic E-state index is -0.239. The Balaban J connectivity index is 1.90. The van der Waals surface area contributed by atoms with E-state index in [1.165, 1.54) is 0 Å². The van der Waals surface area contributed by atoms with E-state index < -0.39 is 0 Å². The number of allylic oxidation sites excluding steroid dienone is 2. The number of nitrogens with zero attached hydrogens (tertiary/aromatic N) is 1. The summed E-state index contributed by atoms with van der Waals surface area (Å²) < 4.78 is 5.54. The number of amides is 1. The van der Waals surface area contributed by atoms with Crippen LogP contribution in [0.1, 0.15) is 49.7 Å². The molecule has 4 nitrogen and oxygen atoms in total. The van der Waals surface area contributed by atoms with Gasteiger partial charge in [0, 0.05) is 35.6 Å². The molecule has 2 aromatic rings. The van der Waals surface area contributed by atoms with Crippen LogP contribution in [0.15, 0.2) is 59.8 Å². The molecule has 0 aromatic heterocycles. The third-order valence-electron chi connectivity index (χ3n) is 5.80. The van der Waals surface area contributed by atoms with Crippen LogP contribution in [0.3, 0.4) is 0 Å². The van der Waals surface area contributed by atoms with Crippen LogP contribution in [0.5, 0.6) is 5.75 Å². The highest BCUT2D eigenvalue weighted by atomic mass is 16.5. The minimum absolute atomic E-state index is 0.0465. The summed E-state index contributed by atoms with van der Waals surface area (Å²) in [6.07, 6.45) is 3.20. The molecule has 0 radical (unpaired) electrons. The van der Waals surface area contributed by atoms with Crippen LogP contribution in [-0.2, 0) is 16.0 Å². The van der Waals surface area contributed by atoms with E-state index in [1.54, 1.807) is 7.11 Å². The van der Waals surface area contributed by atoms with Gasteiger partial charge in [0.05, 0.1) is 12.8 Å². The third-order valence-corrected chi connectivity index (χ3v) is 5.80. The molecule has 0 saturated heterocycles. The number of carbonyl (C=O) groups excluding carboxylic acids is 2. The average Bonchev–Trinajstić information content (AvgIpc) is 2.73. The number of hydrogen-bond acceptors (Lipinski definition) is 3. The molecule has 4 rings (SSSR count). The van der Waals surface area contributed by atoms with Gasteiger partial charge < -0.3 is 4.74 Å². The molecular formula is C24H25NO3. The van der Waals surface area contributed by atoms with Gasteiger partial charge in [-0.2, -0.15) is 0 Å². The molecule has 0 spiro atoms. The van der Waals surface area contributed by atoms with E-state index in [4.69, 9.17) is 4.74 Å². The van der Waals surface area contributed by atoms with E-state index in [-0.39, 0.29) is 24.0 Å². The van der Waals surface area contributed by atoms with Gasteiger partial charge in [-0.25, -0.2) is 0 Å². The summed E-state index contributed by atoms with van der Waals surface area (Å²) in [5.74, 6) is 0.693. The lowest BCUT2D eigenvalue weighted by molar-refractivity contribution is -0.119. The van der Waals surface area contributed by atoms with Gasteiger partial charge in [0.25, 0.3) is 0 Å². The number of para-hydroxylation sites is 2. The Bertz CT molecular complexity index is 960. The number of ketones is 1. The fourth-order valence-corrected chi connectivity index (χ4v) is 4.52. The van der Waals surface area contributed by atoms with Gasteiger partial charge in [0.1, 0.15) is 5.75 Å². The Morgan fingerprint density at radius 2 is 1.79 bits per heavy atom. The fraction of sp³-hybridized carbons (Fsp3) is 0.333. The smallest absolute Gasteiger partial charge is 0.232 e. The highest BCUT2D eigenvalue weighted by Crippen LogP contribution is 2.45. The van der Waals surface area contributed by atoms with Crippen molar-refractivity contribution in [2.45, 2.75) is 44.9 Å². The zero-order valence-electron chi connectivity index (χ0n) is 16.4. The van der Waals surface area contributed by atoms with Crippen LogP contribution in [0, 0.1) is 0 Å². The zero-order valence-corrected chi connectivity index (χ0v) is 16.4. The first-order chi connectivity index (χ1) is 13.7. The largest absolute Gasteiger partial charge is 0.496 e. The van der Waals surface area contributed by atoms with Gasteiger partial charge in [-0.05, 0) is 37.0 Å². The number of Topliss-reactive ketones (excluding diaryl/α,β-unsaturated/α-hetero) is 1. The van der Waals surface area contributed by atoms with Crippen LogP contribution in [0.25, 0.3) is 0 Å². The fourth-order valence-electron chi connectivity index (χ4n) is 4.52. The molecule has 28 heavy (non-hydrogen) atoms. The second kappa shape index (κ2) is 7.63. The molecule has 1 aliphatic carbocycles. The van der Waals surface area contributed by atoms with E-state index in [1.807, 2.05) is 47.4 Å². The molecule has 0 saturated carbocycles. The SMILES string of the molecule is CCc1ccccc1N1C(=O)CC(c2ccccc2OC)C2=C1CCCC2=O. The van der Waals surface area contributed by atoms with Crippen molar-refractivity contribution in [1.82, 2.24) is 0 Å². The normalized spacial score (nSPS) is 19.6. The summed E-state index contributed by atoms with van der Waals surface area (Å²) in [7, 11) is 1.63. The number of rotatable bonds is 4. The predicted octanol–water partition coefficient (Wildman–Crippen LogP) is 4.79. The predicted molar refractivity (Wildman–Crippen MR) is 110 cm³/mol. The van der Waals surface area contributed by atoms with Crippen LogP contribution in [-0.4, -0.2) is 18.8 Å². The van der Waals surface area contributed by atoms with E-state index in [9.17, 15) is 9.59 Å². The van der Waals surface area contributed by atoms with Gasteiger partial charge in [-0.3, -0.25) is 14.5 Å². The van der Waals surface area contributed by atoms with Crippen LogP contribution in [0.2, 0.25) is 0 Å². The number of aryl methyl sites for hydroxylation is 1. The molecule has 4 heteroatoms. The van der Waals surface area contributed by atoms with E-state index >= 15 is 0 Å². The van der Waals surface area contributed by atoms with Crippen molar-refractivity contribution in [2.75, 3.05) is 12.0 Å². The number of anilines is 1. The van der Waals surface area contributed by atoms with Crippen molar-refractivity contribution in [3.63, 3.8) is 0 Å². The molecule has 0 fully saturated rings. The maximum absolute atomic E-state index is 13.3. The Kier molecular flexibility index (Phi) is 5.03. The van der Waals surface area contributed by atoms with Crippen LogP contribution >= 0.6 is 0 Å². The molecule has 1 aliphatic heterocycles. The molecule has 2 aliphatic rings. The topological polar surface area (TPSA) is 46.6 Å². The monoisotopic (exact) mass is 375 g/mol. The van der Waals surface area contributed by atoms with Gasteiger partial charge >= 0.3 is 0 Å². The number of ether oxygens (including phenoxy) is 1. The second-order valence-electron chi connectivity index (χ2n) is 7.35. The highest BCUT2D eigenvalue weighted by molar-refractivity contribution is 6.07. The van der Waals surface area contributed by atoms with E-state index in [0.29, 0.717) is 6.42 Å². The van der Waals surface area contributed by atoms with Gasteiger partial charge in [-0.15, -0.1) is 0 Å². The standard InChI is InChI=1S/C24H25NO3/c1-3-16-9-4-6-11-19(16)25-20-12-8-13-21(26)24(20)18(15-23(25)27)17-10-5-7-14-22(17)28-2/h4-7,9-11,14,18H,3,8,12-13,15H2,1-2H3. The van der Waals surface area contributed by atoms with Crippen LogP contribution in [0.4, 0.5) is 5.69 Å². The summed E-state index contributed by atoms with van der Waals surface area (Å²) in [6, 6.07) is 15.7. The Labute approximate surface area is 165 Å². The Morgan fingerprint density at radius 3 is 2.57 bits per heavy atom. The van der Waals surface area contributed by atoms with Gasteiger partial charge in [0.2, 0.25) is 5.91 Å². The van der Waals surface area contributed by atoms with Crippen LogP contribution < -0.4 is 9.64 Å². The van der Waals surface area contributed by atoms with Crippen molar-refractivity contribution in [2.24, 2.45) is 0 Å². The lowest BCUT2D eigenvalue weighted by atomic mass is 9.76. The first-order valence-corrected chi connectivity index (χ1v) is 9.95. The van der Waals surface area contributed by atoms with E-state index in [0.717, 1.165) is 53.1 Å². The van der Waals surface area contributed by atoms with Crippen molar-refractivity contribution in [3.05, 3.63) is 70.9 Å². The molecule has 1 heterocycles. The minimum Gasteiger partial charge on any atom is -0.496 e. The summed E-state index contributed by atoms with van der Waals surface area (Å²) in [6.45, 7) is 2.09.